The van der Waals surface area contributed by atoms with Gasteiger partial charge in [0.15, 0.2) is 4.34 Å². The molecule has 4 unspecified atom stereocenters. The molecule has 0 bridgehead atoms. The molecule has 1 fully saturated rings. The molecule has 2 aliphatic heterocycles. The number of carboxylic acids is 2. The van der Waals surface area contributed by atoms with E-state index in [1.54, 1.807) is 0 Å². The fourth-order valence-electron chi connectivity index (χ4n) is 3.81. The van der Waals surface area contributed by atoms with Crippen molar-refractivity contribution in [1.29, 1.82) is 0 Å². The molecular weight excluding hydrogens is 660 g/mol. The highest BCUT2D eigenvalue weighted by molar-refractivity contribution is 8.01. The van der Waals surface area contributed by atoms with E-state index in [0.717, 1.165) is 5.01 Å². The van der Waals surface area contributed by atoms with Crippen molar-refractivity contribution in [2.75, 3.05) is 17.8 Å². The number of carbonyl (C=O) groups excluding carboxylic acids is 2. The minimum Gasteiger partial charge on any atom is -0.616 e. The summed E-state index contributed by atoms with van der Waals surface area (Å²) in [4.78, 5) is 47.9. The zero-order valence-corrected chi connectivity index (χ0v) is 25.4. The fraction of sp³-hybridized carbons (Fsp3) is 0.391. The Kier molecular flexibility index (Phi) is 11.3. The van der Waals surface area contributed by atoms with Gasteiger partial charge >= 0.3 is 18.1 Å². The number of phenols is 1. The number of aryl methyl sites for hydroxylation is 1. The summed E-state index contributed by atoms with van der Waals surface area (Å²) in [6.45, 7) is 1.83. The van der Waals surface area contributed by atoms with Gasteiger partial charge in [-0.3, -0.25) is 14.5 Å². The Hall–Kier alpha value is -3.04. The molecule has 0 radical (unpaired) electrons. The van der Waals surface area contributed by atoms with Crippen LogP contribution in [0.25, 0.3) is 0 Å². The molecule has 20 heteroatoms. The second kappa shape index (κ2) is 14.2. The first-order chi connectivity index (χ1) is 20.0. The summed E-state index contributed by atoms with van der Waals surface area (Å²) in [6, 6.07) is 2.33. The van der Waals surface area contributed by atoms with E-state index in [1.165, 1.54) is 64.2 Å². The Labute approximate surface area is 257 Å². The molecule has 2 aromatic rings. The van der Waals surface area contributed by atoms with Crippen LogP contribution in [0.15, 0.2) is 33.8 Å². The van der Waals surface area contributed by atoms with Crippen LogP contribution in [0.4, 0.5) is 13.2 Å². The van der Waals surface area contributed by atoms with E-state index < -0.39 is 58.6 Å². The zero-order chi connectivity index (χ0) is 32.2. The number of aromatic nitrogens is 2. The summed E-state index contributed by atoms with van der Waals surface area (Å²) in [7, 11) is 0. The molecule has 4 rings (SSSR count). The van der Waals surface area contributed by atoms with Crippen molar-refractivity contribution in [2.45, 2.75) is 40.7 Å². The highest BCUT2D eigenvalue weighted by atomic mass is 32.2. The number of aromatic hydroxyl groups is 1. The average molecular weight is 684 g/mol. The summed E-state index contributed by atoms with van der Waals surface area (Å²) in [5.74, 6) is -4.30. The minimum atomic E-state index is -5.08. The van der Waals surface area contributed by atoms with Gasteiger partial charge in [-0.1, -0.05) is 40.3 Å². The van der Waals surface area contributed by atoms with Gasteiger partial charge in [0, 0.05) is 17.1 Å². The molecule has 2 amide bonds. The normalized spacial score (nSPS) is 19.4. The van der Waals surface area contributed by atoms with Crippen molar-refractivity contribution in [1.82, 2.24) is 20.4 Å². The molecule has 3 heterocycles. The summed E-state index contributed by atoms with van der Waals surface area (Å²) in [5.41, 5.74) is 7.43. The second-order valence-corrected chi connectivity index (χ2v) is 13.9. The second-order valence-electron chi connectivity index (χ2n) is 8.92. The number of hydrogen-bond donors (Lipinski definition) is 5. The molecule has 4 atom stereocenters. The van der Waals surface area contributed by atoms with Gasteiger partial charge in [0.1, 0.15) is 39.7 Å². The number of halogens is 3. The number of nitrogens with one attached hydrogen (secondary N) is 1. The number of amides is 2. The fourth-order valence-corrected chi connectivity index (χ4v) is 7.78. The van der Waals surface area contributed by atoms with Crippen LogP contribution in [-0.4, -0.2) is 94.1 Å². The van der Waals surface area contributed by atoms with Crippen LogP contribution in [0.3, 0.4) is 0 Å². The predicted octanol–water partition coefficient (Wildman–Crippen LogP) is 1.59. The van der Waals surface area contributed by atoms with Crippen molar-refractivity contribution >= 4 is 69.8 Å². The van der Waals surface area contributed by atoms with Gasteiger partial charge in [-0.2, -0.15) is 13.2 Å². The van der Waals surface area contributed by atoms with E-state index in [4.69, 9.17) is 15.6 Å². The van der Waals surface area contributed by atoms with Crippen LogP contribution in [-0.2, 0) is 36.1 Å². The number of hydrogen-bond acceptors (Lipinski definition) is 12. The molecule has 43 heavy (non-hydrogen) atoms. The maximum Gasteiger partial charge on any atom is 0.490 e. The third kappa shape index (κ3) is 8.54. The van der Waals surface area contributed by atoms with Gasteiger partial charge in [0.2, 0.25) is 5.91 Å². The van der Waals surface area contributed by atoms with E-state index in [9.17, 15) is 42.3 Å². The van der Waals surface area contributed by atoms with Crippen LogP contribution in [0.1, 0.15) is 22.2 Å². The molecule has 1 aromatic carbocycles. The van der Waals surface area contributed by atoms with Crippen LogP contribution in [0.2, 0.25) is 0 Å². The van der Waals surface area contributed by atoms with Crippen molar-refractivity contribution < 1.29 is 52.2 Å². The highest BCUT2D eigenvalue weighted by Gasteiger charge is 2.54. The number of carboxylic acid groups (broad SMARTS) is 2. The Bertz CT molecular complexity index is 1440. The van der Waals surface area contributed by atoms with Crippen LogP contribution < -0.4 is 11.1 Å². The van der Waals surface area contributed by atoms with E-state index in [-0.39, 0.29) is 17.2 Å². The number of phenolic OH excluding ortho intramolecular Hbond substituents is 1. The lowest BCUT2D eigenvalue weighted by atomic mass is 10.0. The molecule has 13 nitrogen and oxygen atoms in total. The van der Waals surface area contributed by atoms with Gasteiger partial charge in [-0.25, -0.2) is 9.59 Å². The Balaban J connectivity index is 0.000000646. The number of nitrogens with two attached hydrogens (primary N) is 1. The van der Waals surface area contributed by atoms with Crippen molar-refractivity contribution in [3.05, 3.63) is 45.6 Å². The van der Waals surface area contributed by atoms with Crippen LogP contribution in [0.5, 0.6) is 5.75 Å². The van der Waals surface area contributed by atoms with Crippen LogP contribution >= 0.6 is 34.9 Å². The SMILES string of the molecule is Cc1nnc(SCC2=C(C(=O)O)N3C(=O)C(NC(=O)C(N)c4ccc(O)c(C[S+](C)[O-])c4)C3SC2)s1.O=C(O)C(F)(F)F. The van der Waals surface area contributed by atoms with E-state index in [2.05, 4.69) is 15.5 Å². The highest BCUT2D eigenvalue weighted by Crippen LogP contribution is 2.42. The molecule has 6 N–H and O–H groups in total. The standard InChI is InChI=1S/C21H23N5O6S4.C2HF3O2/c1-9-24-25-21(35-9)34-7-12-6-33-19-15(18(29)26(19)16(12)20(30)31)23-17(28)14(22)10-3-4-13(27)11(5-10)8-36(2)32;3-2(4,5)1(6)7/h3-5,14-15,19,27H,6-8,22H2,1-2H3,(H,23,28)(H,30,31);(H,6,7). The third-order valence-corrected chi connectivity index (χ3v) is 9.89. The number of rotatable bonds is 9. The van der Waals surface area contributed by atoms with E-state index in [1.807, 2.05) is 6.92 Å². The summed E-state index contributed by atoms with van der Waals surface area (Å²) < 4.78 is 44.0. The number of benzene rings is 1. The molecule has 234 valence electrons. The molecular formula is C23H24F3N5O8S4. The number of thioether (sulfide) groups is 2. The van der Waals surface area contributed by atoms with E-state index >= 15 is 0 Å². The number of carbonyl (C=O) groups is 4. The quantitative estimate of drug-likeness (QED) is 0.144. The maximum atomic E-state index is 12.9. The summed E-state index contributed by atoms with van der Waals surface area (Å²) in [5, 5.41) is 37.8. The largest absolute Gasteiger partial charge is 0.616 e. The number of nitrogens with zero attached hydrogens (tertiary/aromatic N) is 3. The molecule has 0 saturated carbocycles. The maximum absolute atomic E-state index is 12.9. The van der Waals surface area contributed by atoms with Gasteiger partial charge in [0.25, 0.3) is 5.91 Å². The third-order valence-electron chi connectivity index (χ3n) is 5.77. The number of β-lactam (4-membered cyclic amide) rings is 1. The van der Waals surface area contributed by atoms with Gasteiger partial charge < -0.3 is 30.9 Å². The molecule has 1 aromatic heterocycles. The summed E-state index contributed by atoms with van der Waals surface area (Å²) in [6.07, 6.45) is -3.59. The van der Waals surface area contributed by atoms with E-state index in [0.29, 0.717) is 32.5 Å². The van der Waals surface area contributed by atoms with Crippen molar-refractivity contribution in [2.24, 2.45) is 5.73 Å². The lowest BCUT2D eigenvalue weighted by Crippen LogP contribution is -2.71. The first-order valence-electron chi connectivity index (χ1n) is 11.8. The molecule has 0 spiro atoms. The smallest absolute Gasteiger partial charge is 0.490 e. The average Bonchev–Trinajstić information content (AvgIpc) is 3.34. The lowest BCUT2D eigenvalue weighted by molar-refractivity contribution is -0.192. The number of alkyl halides is 3. The summed E-state index contributed by atoms with van der Waals surface area (Å²) >= 11 is 2.94. The molecule has 2 aliphatic rings. The van der Waals surface area contributed by atoms with Crippen molar-refractivity contribution in [3.8, 4) is 5.75 Å². The molecule has 1 saturated heterocycles. The lowest BCUT2D eigenvalue weighted by Gasteiger charge is -2.49. The van der Waals surface area contributed by atoms with Crippen LogP contribution in [0, 0.1) is 6.92 Å². The zero-order valence-electron chi connectivity index (χ0n) is 22.2. The topological polar surface area (TPSA) is 219 Å². The van der Waals surface area contributed by atoms with Gasteiger partial charge in [-0.05, 0) is 30.2 Å². The van der Waals surface area contributed by atoms with Gasteiger partial charge in [0.05, 0.1) is 6.26 Å². The number of fused-ring (bicyclic) bond motifs is 1. The Morgan fingerprint density at radius 3 is 2.49 bits per heavy atom. The minimum absolute atomic E-state index is 0.0480. The van der Waals surface area contributed by atoms with Gasteiger partial charge in [-0.15, -0.1) is 22.0 Å². The number of aliphatic carboxylic acids is 2. The first-order valence-corrected chi connectivity index (χ1v) is 16.4. The van der Waals surface area contributed by atoms with Crippen molar-refractivity contribution in [3.63, 3.8) is 0 Å². The Morgan fingerprint density at radius 2 is 1.95 bits per heavy atom. The predicted molar refractivity (Wildman–Crippen MR) is 152 cm³/mol. The Morgan fingerprint density at radius 1 is 1.30 bits per heavy atom. The first kappa shape index (κ1) is 34.5. The molecule has 0 aliphatic carbocycles. The monoisotopic (exact) mass is 683 g/mol.